The molecule has 2 aromatic heterocycles. The van der Waals surface area contributed by atoms with E-state index in [4.69, 9.17) is 9.47 Å². The van der Waals surface area contributed by atoms with Crippen molar-refractivity contribution in [3.63, 3.8) is 0 Å². The molecule has 2 saturated heterocycles. The predicted molar refractivity (Wildman–Crippen MR) is 144 cm³/mol. The summed E-state index contributed by atoms with van der Waals surface area (Å²) in [4.78, 5) is 43.2. The summed E-state index contributed by atoms with van der Waals surface area (Å²) in [6.07, 6.45) is 5.74. The van der Waals surface area contributed by atoms with E-state index in [1.54, 1.807) is 11.1 Å². The fourth-order valence-corrected chi connectivity index (χ4v) is 5.47. The Bertz CT molecular complexity index is 1350. The number of ether oxygens (including phenoxy) is 2. The summed E-state index contributed by atoms with van der Waals surface area (Å²) < 4.78 is 13.6. The van der Waals surface area contributed by atoms with E-state index in [0.717, 1.165) is 47.6 Å². The first kappa shape index (κ1) is 26.2. The molecule has 1 unspecified atom stereocenters. The summed E-state index contributed by atoms with van der Waals surface area (Å²) in [6.45, 7) is 7.55. The standard InChI is InChI=1S/C29H36N4O5/c1-29(2,3)38-28(36)32-16-13-20(14-17-32)37-18-6-7-19-12-15-30-26-25(19)21-8-4-5-9-22(21)33(26)23-10-11-24(34)31-27(23)35/h4-5,8-9,12,15,20,23H,6-7,10-11,13-14,16-18H2,1-3H3,(H,31,34,35). The largest absolute Gasteiger partial charge is 0.444 e. The van der Waals surface area contributed by atoms with E-state index in [0.29, 0.717) is 32.5 Å². The molecule has 0 aliphatic carbocycles. The zero-order valence-electron chi connectivity index (χ0n) is 22.4. The van der Waals surface area contributed by atoms with Crippen LogP contribution >= 0.6 is 0 Å². The molecule has 3 aromatic rings. The maximum absolute atomic E-state index is 12.7. The van der Waals surface area contributed by atoms with Crippen LogP contribution in [0.25, 0.3) is 21.9 Å². The van der Waals surface area contributed by atoms with Gasteiger partial charge >= 0.3 is 6.09 Å². The van der Waals surface area contributed by atoms with Gasteiger partial charge in [-0.25, -0.2) is 9.78 Å². The van der Waals surface area contributed by atoms with Gasteiger partial charge in [0.25, 0.3) is 0 Å². The summed E-state index contributed by atoms with van der Waals surface area (Å²) >= 11 is 0. The van der Waals surface area contributed by atoms with Crippen molar-refractivity contribution >= 4 is 39.8 Å². The SMILES string of the molecule is CC(C)(C)OC(=O)N1CCC(OCCCc2ccnc3c2c2ccccc2n3C2CCC(=O)NC2=O)CC1. The highest BCUT2D eigenvalue weighted by Gasteiger charge is 2.31. The van der Waals surface area contributed by atoms with E-state index in [9.17, 15) is 14.4 Å². The number of aryl methyl sites for hydroxylation is 1. The number of amides is 3. The third-order valence-electron chi connectivity index (χ3n) is 7.24. The van der Waals surface area contributed by atoms with Crippen molar-refractivity contribution in [3.05, 3.63) is 42.1 Å². The number of nitrogens with zero attached hydrogens (tertiary/aromatic N) is 3. The number of para-hydroxylation sites is 1. The Balaban J connectivity index is 1.24. The van der Waals surface area contributed by atoms with Gasteiger partial charge < -0.3 is 18.9 Å². The van der Waals surface area contributed by atoms with Gasteiger partial charge in [-0.1, -0.05) is 18.2 Å². The molecule has 3 amide bonds. The van der Waals surface area contributed by atoms with Crippen molar-refractivity contribution < 1.29 is 23.9 Å². The van der Waals surface area contributed by atoms with Crippen molar-refractivity contribution in [2.75, 3.05) is 19.7 Å². The van der Waals surface area contributed by atoms with Crippen LogP contribution in [0.3, 0.4) is 0 Å². The van der Waals surface area contributed by atoms with Crippen molar-refractivity contribution in [2.24, 2.45) is 0 Å². The minimum Gasteiger partial charge on any atom is -0.444 e. The molecule has 1 atom stereocenters. The number of rotatable bonds is 6. The van der Waals surface area contributed by atoms with E-state index in [1.807, 2.05) is 49.6 Å². The quantitative estimate of drug-likeness (QED) is 0.379. The van der Waals surface area contributed by atoms with Gasteiger partial charge in [0.05, 0.1) is 11.6 Å². The Hall–Kier alpha value is -3.46. The van der Waals surface area contributed by atoms with Crippen LogP contribution in [0.15, 0.2) is 36.5 Å². The highest BCUT2D eigenvalue weighted by molar-refractivity contribution is 6.10. The van der Waals surface area contributed by atoms with Crippen LogP contribution in [0, 0.1) is 0 Å². The second kappa shape index (κ2) is 10.7. The molecule has 38 heavy (non-hydrogen) atoms. The van der Waals surface area contributed by atoms with E-state index >= 15 is 0 Å². The number of benzene rings is 1. The number of likely N-dealkylation sites (tertiary alicyclic amines) is 1. The third kappa shape index (κ3) is 5.53. The number of nitrogens with one attached hydrogen (secondary N) is 1. The van der Waals surface area contributed by atoms with Crippen LogP contribution in [0.1, 0.15) is 64.5 Å². The Morgan fingerprint density at radius 2 is 1.87 bits per heavy atom. The maximum atomic E-state index is 12.7. The number of hydrogen-bond donors (Lipinski definition) is 1. The summed E-state index contributed by atoms with van der Waals surface area (Å²) in [6, 6.07) is 9.62. The zero-order chi connectivity index (χ0) is 26.9. The van der Waals surface area contributed by atoms with E-state index < -0.39 is 11.6 Å². The van der Waals surface area contributed by atoms with Crippen LogP contribution in [0.2, 0.25) is 0 Å². The lowest BCUT2D eigenvalue weighted by molar-refractivity contribution is -0.135. The molecule has 2 aliphatic heterocycles. The van der Waals surface area contributed by atoms with Gasteiger partial charge in [0.1, 0.15) is 17.3 Å². The average molecular weight is 521 g/mol. The van der Waals surface area contributed by atoms with Gasteiger partial charge in [-0.05, 0) is 70.6 Å². The number of hydrogen-bond acceptors (Lipinski definition) is 6. The van der Waals surface area contributed by atoms with Gasteiger partial charge in [-0.2, -0.15) is 0 Å². The first-order valence-electron chi connectivity index (χ1n) is 13.5. The number of aromatic nitrogens is 2. The lowest BCUT2D eigenvalue weighted by Crippen LogP contribution is -2.43. The zero-order valence-corrected chi connectivity index (χ0v) is 22.4. The first-order chi connectivity index (χ1) is 18.2. The van der Waals surface area contributed by atoms with Crippen LogP contribution in [-0.2, 0) is 25.5 Å². The fraction of sp³-hybridized carbons (Fsp3) is 0.517. The number of carbonyl (C=O) groups excluding carboxylic acids is 3. The second-order valence-electron chi connectivity index (χ2n) is 11.2. The third-order valence-corrected chi connectivity index (χ3v) is 7.24. The molecule has 5 rings (SSSR count). The summed E-state index contributed by atoms with van der Waals surface area (Å²) in [5, 5.41) is 4.60. The molecule has 1 N–H and O–H groups in total. The van der Waals surface area contributed by atoms with Crippen molar-refractivity contribution in [1.82, 2.24) is 19.8 Å². The van der Waals surface area contributed by atoms with Crippen molar-refractivity contribution in [2.45, 2.75) is 77.0 Å². The fourth-order valence-electron chi connectivity index (χ4n) is 5.47. The smallest absolute Gasteiger partial charge is 0.410 e. The second-order valence-corrected chi connectivity index (χ2v) is 11.2. The predicted octanol–water partition coefficient (Wildman–Crippen LogP) is 4.52. The molecule has 2 fully saturated rings. The molecule has 202 valence electrons. The summed E-state index contributed by atoms with van der Waals surface area (Å²) in [5.74, 6) is -0.501. The van der Waals surface area contributed by atoms with Gasteiger partial charge in [0, 0.05) is 43.1 Å². The molecular weight excluding hydrogens is 484 g/mol. The van der Waals surface area contributed by atoms with E-state index in [2.05, 4.69) is 16.4 Å². The Kier molecular flexibility index (Phi) is 7.38. The van der Waals surface area contributed by atoms with Crippen LogP contribution in [0.5, 0.6) is 0 Å². The van der Waals surface area contributed by atoms with Crippen molar-refractivity contribution in [3.8, 4) is 0 Å². The van der Waals surface area contributed by atoms with Gasteiger partial charge in [-0.15, -0.1) is 0 Å². The number of imide groups is 1. The van der Waals surface area contributed by atoms with Gasteiger partial charge in [0.2, 0.25) is 11.8 Å². The Morgan fingerprint density at radius 3 is 2.61 bits per heavy atom. The molecule has 1 aromatic carbocycles. The van der Waals surface area contributed by atoms with Crippen LogP contribution < -0.4 is 5.32 Å². The maximum Gasteiger partial charge on any atom is 0.410 e. The molecule has 9 nitrogen and oxygen atoms in total. The van der Waals surface area contributed by atoms with Crippen molar-refractivity contribution in [1.29, 1.82) is 0 Å². The normalized spacial score (nSPS) is 19.2. The molecule has 0 saturated carbocycles. The Morgan fingerprint density at radius 1 is 1.11 bits per heavy atom. The molecular formula is C29H36N4O5. The Labute approximate surface area is 222 Å². The van der Waals surface area contributed by atoms with Gasteiger partial charge in [-0.3, -0.25) is 14.9 Å². The molecule has 4 heterocycles. The number of pyridine rings is 1. The highest BCUT2D eigenvalue weighted by atomic mass is 16.6. The molecule has 2 aliphatic rings. The van der Waals surface area contributed by atoms with E-state index in [1.165, 1.54) is 5.56 Å². The van der Waals surface area contributed by atoms with Crippen LogP contribution in [-0.4, -0.2) is 63.8 Å². The van der Waals surface area contributed by atoms with E-state index in [-0.39, 0.29) is 24.0 Å². The summed E-state index contributed by atoms with van der Waals surface area (Å²) in [7, 11) is 0. The molecule has 0 spiro atoms. The molecule has 0 radical (unpaired) electrons. The number of piperidine rings is 2. The average Bonchev–Trinajstić information content (AvgIpc) is 3.21. The lowest BCUT2D eigenvalue weighted by atomic mass is 10.0. The number of carbonyl (C=O) groups is 3. The first-order valence-corrected chi connectivity index (χ1v) is 13.5. The monoisotopic (exact) mass is 520 g/mol. The summed E-state index contributed by atoms with van der Waals surface area (Å²) in [5.41, 5.74) is 2.40. The molecule has 9 heteroatoms. The topological polar surface area (TPSA) is 103 Å². The number of fused-ring (bicyclic) bond motifs is 3. The highest BCUT2D eigenvalue weighted by Crippen LogP contribution is 2.35. The minimum absolute atomic E-state index is 0.139. The molecule has 0 bridgehead atoms. The van der Waals surface area contributed by atoms with Crippen LogP contribution in [0.4, 0.5) is 4.79 Å². The lowest BCUT2D eigenvalue weighted by Gasteiger charge is -2.33. The minimum atomic E-state index is -0.489. The van der Waals surface area contributed by atoms with Gasteiger partial charge in [0.15, 0.2) is 0 Å².